The molecule has 0 amide bonds. The van der Waals surface area contributed by atoms with Gasteiger partial charge in [0.15, 0.2) is 0 Å². The van der Waals surface area contributed by atoms with Crippen molar-refractivity contribution in [2.24, 2.45) is 5.92 Å². The number of piperidine rings is 1. The van der Waals surface area contributed by atoms with Gasteiger partial charge in [0, 0.05) is 24.1 Å². The van der Waals surface area contributed by atoms with Gasteiger partial charge < -0.3 is 9.64 Å². The van der Waals surface area contributed by atoms with Gasteiger partial charge in [-0.15, -0.1) is 0 Å². The van der Waals surface area contributed by atoms with E-state index in [-0.39, 0.29) is 5.97 Å². The predicted octanol–water partition coefficient (Wildman–Crippen LogP) is 3.99. The van der Waals surface area contributed by atoms with Gasteiger partial charge in [-0.1, -0.05) is 29.3 Å². The van der Waals surface area contributed by atoms with Crippen molar-refractivity contribution in [1.29, 1.82) is 0 Å². The molecular formula is C16H22BrNO2. The summed E-state index contributed by atoms with van der Waals surface area (Å²) in [5, 5.41) is 0.663. The number of esters is 1. The van der Waals surface area contributed by atoms with Gasteiger partial charge in [-0.25, -0.2) is 4.79 Å². The van der Waals surface area contributed by atoms with Crippen LogP contribution in [0, 0.1) is 5.92 Å². The zero-order chi connectivity index (χ0) is 14.5. The second kappa shape index (κ2) is 7.11. The molecule has 1 aromatic carbocycles. The quantitative estimate of drug-likeness (QED) is 0.613. The molecule has 0 spiro atoms. The Balaban J connectivity index is 2.16. The van der Waals surface area contributed by atoms with E-state index in [2.05, 4.69) is 33.8 Å². The fraction of sp³-hybridized carbons (Fsp3) is 0.562. The summed E-state index contributed by atoms with van der Waals surface area (Å²) in [6.07, 6.45) is 3.81. The van der Waals surface area contributed by atoms with Crippen LogP contribution < -0.4 is 4.90 Å². The first kappa shape index (κ1) is 15.4. The zero-order valence-corrected chi connectivity index (χ0v) is 13.8. The van der Waals surface area contributed by atoms with Crippen LogP contribution in [0.3, 0.4) is 0 Å². The summed E-state index contributed by atoms with van der Waals surface area (Å²) >= 11 is 3.46. The third-order valence-electron chi connectivity index (χ3n) is 4.20. The summed E-state index contributed by atoms with van der Waals surface area (Å²) < 4.78 is 4.82. The molecular weight excluding hydrogens is 318 g/mol. The molecule has 1 heterocycles. The Hall–Kier alpha value is -1.03. The summed E-state index contributed by atoms with van der Waals surface area (Å²) in [7, 11) is 1.42. The highest BCUT2D eigenvalue weighted by Crippen LogP contribution is 2.27. The maximum Gasteiger partial charge on any atom is 0.338 e. The summed E-state index contributed by atoms with van der Waals surface area (Å²) in [5.41, 5.74) is 2.85. The lowest BCUT2D eigenvalue weighted by Crippen LogP contribution is -2.33. The summed E-state index contributed by atoms with van der Waals surface area (Å²) in [4.78, 5) is 14.1. The van der Waals surface area contributed by atoms with Crippen molar-refractivity contribution >= 4 is 27.6 Å². The molecule has 1 aliphatic rings. The molecule has 3 nitrogen and oxygen atoms in total. The van der Waals surface area contributed by atoms with E-state index < -0.39 is 0 Å². The molecule has 0 bridgehead atoms. The fourth-order valence-corrected chi connectivity index (χ4v) is 3.26. The summed E-state index contributed by atoms with van der Waals surface area (Å²) in [5.74, 6) is 0.604. The number of nitrogens with zero attached hydrogens (tertiary/aromatic N) is 1. The SMILES string of the molecule is CCC1CCN(c2ccc(C(=O)OC)c(CBr)c2)CC1. The average Bonchev–Trinajstić information content (AvgIpc) is 2.53. The number of methoxy groups -OCH3 is 1. The van der Waals surface area contributed by atoms with Crippen molar-refractivity contribution in [3.8, 4) is 0 Å². The van der Waals surface area contributed by atoms with Gasteiger partial charge in [0.1, 0.15) is 0 Å². The van der Waals surface area contributed by atoms with E-state index in [1.165, 1.54) is 32.1 Å². The van der Waals surface area contributed by atoms with E-state index in [9.17, 15) is 4.79 Å². The zero-order valence-electron chi connectivity index (χ0n) is 12.2. The topological polar surface area (TPSA) is 29.5 Å². The molecule has 0 aromatic heterocycles. The van der Waals surface area contributed by atoms with Gasteiger partial charge >= 0.3 is 5.97 Å². The largest absolute Gasteiger partial charge is 0.465 e. The van der Waals surface area contributed by atoms with Gasteiger partial charge in [-0.05, 0) is 42.5 Å². The van der Waals surface area contributed by atoms with E-state index in [0.717, 1.165) is 24.6 Å². The highest BCUT2D eigenvalue weighted by atomic mass is 79.9. The molecule has 0 saturated carbocycles. The summed E-state index contributed by atoms with van der Waals surface area (Å²) in [6.45, 7) is 4.49. The number of hydrogen-bond acceptors (Lipinski definition) is 3. The van der Waals surface area contributed by atoms with E-state index in [1.54, 1.807) is 0 Å². The van der Waals surface area contributed by atoms with Gasteiger partial charge in [-0.2, -0.15) is 0 Å². The minimum Gasteiger partial charge on any atom is -0.465 e. The van der Waals surface area contributed by atoms with Crippen molar-refractivity contribution in [1.82, 2.24) is 0 Å². The second-order valence-corrected chi connectivity index (χ2v) is 5.87. The standard InChI is InChI=1S/C16H22BrNO2/c1-3-12-6-8-18(9-7-12)14-4-5-15(16(19)20-2)13(10-14)11-17/h4-5,10,12H,3,6-9,11H2,1-2H3. The van der Waals surface area contributed by atoms with E-state index in [0.29, 0.717) is 10.9 Å². The molecule has 0 unspecified atom stereocenters. The lowest BCUT2D eigenvalue weighted by molar-refractivity contribution is 0.0600. The van der Waals surface area contributed by atoms with Crippen molar-refractivity contribution in [2.75, 3.05) is 25.1 Å². The van der Waals surface area contributed by atoms with Gasteiger partial charge in [0.05, 0.1) is 12.7 Å². The Kier molecular flexibility index (Phi) is 5.46. The Labute approximate surface area is 129 Å². The Bertz CT molecular complexity index is 468. The highest BCUT2D eigenvalue weighted by Gasteiger charge is 2.19. The number of carbonyl (C=O) groups excluding carboxylic acids is 1. The second-order valence-electron chi connectivity index (χ2n) is 5.31. The monoisotopic (exact) mass is 339 g/mol. The molecule has 0 atom stereocenters. The van der Waals surface area contributed by atoms with Crippen LogP contribution in [0.4, 0.5) is 5.69 Å². The predicted molar refractivity (Wildman–Crippen MR) is 85.6 cm³/mol. The molecule has 20 heavy (non-hydrogen) atoms. The molecule has 1 fully saturated rings. The van der Waals surface area contributed by atoms with Crippen molar-refractivity contribution < 1.29 is 9.53 Å². The lowest BCUT2D eigenvalue weighted by atomic mass is 9.94. The van der Waals surface area contributed by atoms with Crippen LogP contribution in [0.2, 0.25) is 0 Å². The number of carbonyl (C=O) groups is 1. The molecule has 0 N–H and O–H groups in total. The number of benzene rings is 1. The number of halogens is 1. The molecule has 0 aliphatic carbocycles. The molecule has 1 aliphatic heterocycles. The van der Waals surface area contributed by atoms with Crippen LogP contribution in [-0.4, -0.2) is 26.2 Å². The molecule has 110 valence electrons. The first-order chi connectivity index (χ1) is 9.69. The lowest BCUT2D eigenvalue weighted by Gasteiger charge is -2.33. The summed E-state index contributed by atoms with van der Waals surface area (Å²) in [6, 6.07) is 6.02. The minimum atomic E-state index is -0.268. The third-order valence-corrected chi connectivity index (χ3v) is 4.80. The van der Waals surface area contributed by atoms with Crippen LogP contribution in [0.5, 0.6) is 0 Å². The minimum absolute atomic E-state index is 0.268. The number of alkyl halides is 1. The van der Waals surface area contributed by atoms with Gasteiger partial charge in [-0.3, -0.25) is 0 Å². The fourth-order valence-electron chi connectivity index (χ4n) is 2.80. The normalized spacial score (nSPS) is 16.2. The van der Waals surface area contributed by atoms with E-state index in [1.807, 2.05) is 12.1 Å². The number of anilines is 1. The van der Waals surface area contributed by atoms with Crippen molar-refractivity contribution in [2.45, 2.75) is 31.5 Å². The Morgan fingerprint density at radius 3 is 2.65 bits per heavy atom. The number of hydrogen-bond donors (Lipinski definition) is 0. The molecule has 4 heteroatoms. The number of ether oxygens (including phenoxy) is 1. The van der Waals surface area contributed by atoms with Crippen LogP contribution in [0.25, 0.3) is 0 Å². The van der Waals surface area contributed by atoms with Crippen LogP contribution >= 0.6 is 15.9 Å². The Morgan fingerprint density at radius 1 is 1.40 bits per heavy atom. The van der Waals surface area contributed by atoms with E-state index >= 15 is 0 Å². The highest BCUT2D eigenvalue weighted by molar-refractivity contribution is 9.08. The molecule has 1 saturated heterocycles. The van der Waals surface area contributed by atoms with Crippen LogP contribution in [0.1, 0.15) is 42.1 Å². The van der Waals surface area contributed by atoms with Crippen LogP contribution in [-0.2, 0) is 10.1 Å². The van der Waals surface area contributed by atoms with Crippen molar-refractivity contribution in [3.63, 3.8) is 0 Å². The maximum atomic E-state index is 11.7. The first-order valence-electron chi connectivity index (χ1n) is 7.21. The number of rotatable bonds is 4. The Morgan fingerprint density at radius 2 is 2.10 bits per heavy atom. The smallest absolute Gasteiger partial charge is 0.338 e. The maximum absolute atomic E-state index is 11.7. The first-order valence-corrected chi connectivity index (χ1v) is 8.33. The van der Waals surface area contributed by atoms with Gasteiger partial charge in [0.25, 0.3) is 0 Å². The molecule has 1 aromatic rings. The van der Waals surface area contributed by atoms with Gasteiger partial charge in [0.2, 0.25) is 0 Å². The van der Waals surface area contributed by atoms with E-state index in [4.69, 9.17) is 4.74 Å². The van der Waals surface area contributed by atoms with Crippen LogP contribution in [0.15, 0.2) is 18.2 Å². The molecule has 0 radical (unpaired) electrons. The third kappa shape index (κ3) is 3.35. The molecule has 2 rings (SSSR count). The van der Waals surface area contributed by atoms with Crippen molar-refractivity contribution in [3.05, 3.63) is 29.3 Å². The average molecular weight is 340 g/mol.